The quantitative estimate of drug-likeness (QED) is 0.279. The number of carbonyl (C=O) groups is 2. The Bertz CT molecular complexity index is 349. The molecule has 0 aromatic heterocycles. The predicted molar refractivity (Wildman–Crippen MR) is 99.3 cm³/mol. The van der Waals surface area contributed by atoms with Gasteiger partial charge in [0.05, 0.1) is 7.11 Å². The van der Waals surface area contributed by atoms with Gasteiger partial charge < -0.3 is 9.64 Å². The molecule has 0 aromatic carbocycles. The number of hydrogen-bond donors (Lipinski definition) is 0. The Labute approximate surface area is 147 Å². The van der Waals surface area contributed by atoms with Gasteiger partial charge in [-0.15, -0.1) is 6.58 Å². The molecule has 2 saturated carbocycles. The molecule has 2 aliphatic carbocycles. The van der Waals surface area contributed by atoms with Gasteiger partial charge in [0.25, 0.3) is 6.47 Å². The maximum atomic E-state index is 10.1. The van der Waals surface area contributed by atoms with E-state index in [0.717, 1.165) is 44.2 Å². The van der Waals surface area contributed by atoms with Crippen molar-refractivity contribution in [3.63, 3.8) is 0 Å². The number of rotatable bonds is 9. The lowest BCUT2D eigenvalue weighted by molar-refractivity contribution is -0.126. The highest BCUT2D eigenvalue weighted by molar-refractivity contribution is 5.61. The maximum Gasteiger partial charge on any atom is 0.292 e. The number of amides is 1. The zero-order chi connectivity index (χ0) is 18.0. The minimum Gasteiger partial charge on any atom is -0.471 e. The molecule has 0 spiro atoms. The molecule has 24 heavy (non-hydrogen) atoms. The largest absolute Gasteiger partial charge is 0.471 e. The molecule has 0 unspecified atom stereocenters. The molecule has 0 saturated heterocycles. The van der Waals surface area contributed by atoms with Crippen molar-refractivity contribution >= 4 is 19.1 Å². The average Bonchev–Trinajstić information content (AvgIpc) is 3.31. The molecule has 138 valence electrons. The van der Waals surface area contributed by atoms with Gasteiger partial charge in [-0.3, -0.25) is 14.6 Å². The Hall–Kier alpha value is -1.65. The van der Waals surface area contributed by atoms with Crippen LogP contribution < -0.4 is 0 Å². The van der Waals surface area contributed by atoms with E-state index < -0.39 is 0 Å². The van der Waals surface area contributed by atoms with E-state index in [2.05, 4.69) is 22.5 Å². The lowest BCUT2D eigenvalue weighted by Gasteiger charge is -2.08. The third-order valence-corrected chi connectivity index (χ3v) is 3.90. The molecular formula is C19H34N2O3. The lowest BCUT2D eigenvalue weighted by Crippen LogP contribution is -2.16. The summed E-state index contributed by atoms with van der Waals surface area (Å²) in [6.07, 6.45) is 16.6. The number of nitrogens with zero attached hydrogens (tertiary/aromatic N) is 2. The van der Waals surface area contributed by atoms with Crippen molar-refractivity contribution in [2.45, 2.75) is 63.8 Å². The molecule has 5 nitrogen and oxygen atoms in total. The van der Waals surface area contributed by atoms with E-state index in [-0.39, 0.29) is 0 Å². The molecule has 0 aromatic rings. The van der Waals surface area contributed by atoms with Crippen molar-refractivity contribution in [3.8, 4) is 0 Å². The first-order valence-electron chi connectivity index (χ1n) is 8.94. The molecular weight excluding hydrogens is 304 g/mol. The fourth-order valence-electron chi connectivity index (χ4n) is 2.28. The first-order valence-corrected chi connectivity index (χ1v) is 8.94. The van der Waals surface area contributed by atoms with Crippen LogP contribution in [0.2, 0.25) is 0 Å². The predicted octanol–water partition coefficient (Wildman–Crippen LogP) is 3.63. The fourth-order valence-corrected chi connectivity index (χ4v) is 2.28. The number of allylic oxidation sites excluding steroid dienone is 1. The summed E-state index contributed by atoms with van der Waals surface area (Å²) < 4.78 is 3.86. The lowest BCUT2D eigenvalue weighted by atomic mass is 10.1. The fraction of sp³-hybridized carbons (Fsp3) is 0.737. The Kier molecular flexibility index (Phi) is 15.1. The number of hydrogen-bond acceptors (Lipinski definition) is 4. The van der Waals surface area contributed by atoms with Crippen LogP contribution in [0.5, 0.6) is 0 Å². The third-order valence-electron chi connectivity index (χ3n) is 3.90. The van der Waals surface area contributed by atoms with Crippen LogP contribution in [0.3, 0.4) is 0 Å². The van der Waals surface area contributed by atoms with Gasteiger partial charge in [0.15, 0.2) is 0 Å². The van der Waals surface area contributed by atoms with Crippen molar-refractivity contribution in [2.24, 2.45) is 10.9 Å². The maximum absolute atomic E-state index is 10.1. The zero-order valence-corrected chi connectivity index (χ0v) is 15.4. The topological polar surface area (TPSA) is 59.0 Å². The summed E-state index contributed by atoms with van der Waals surface area (Å²) in [4.78, 5) is 25.2. The van der Waals surface area contributed by atoms with Crippen LogP contribution in [0.25, 0.3) is 0 Å². The monoisotopic (exact) mass is 338 g/mol. The Balaban J connectivity index is 0.000000363. The molecule has 1 amide bonds. The van der Waals surface area contributed by atoms with Crippen LogP contribution >= 0.6 is 0 Å². The summed E-state index contributed by atoms with van der Waals surface area (Å²) in [5.74, 6) is 0.848. The van der Waals surface area contributed by atoms with Crippen LogP contribution in [0.4, 0.5) is 0 Å². The average molecular weight is 338 g/mol. The van der Waals surface area contributed by atoms with Crippen molar-refractivity contribution in [1.29, 1.82) is 0 Å². The van der Waals surface area contributed by atoms with E-state index in [1.165, 1.54) is 45.6 Å². The second-order valence-electron chi connectivity index (χ2n) is 6.28. The van der Waals surface area contributed by atoms with Crippen LogP contribution in [0.1, 0.15) is 57.8 Å². The Morgan fingerprint density at radius 3 is 2.25 bits per heavy atom. The van der Waals surface area contributed by atoms with Crippen molar-refractivity contribution in [2.75, 3.05) is 20.7 Å². The van der Waals surface area contributed by atoms with Crippen molar-refractivity contribution in [1.82, 2.24) is 4.90 Å². The number of unbranched alkanes of at least 4 members (excludes halogenated alkanes) is 2. The van der Waals surface area contributed by atoms with E-state index in [9.17, 15) is 4.79 Å². The summed E-state index contributed by atoms with van der Waals surface area (Å²) in [7, 11) is 3.11. The second kappa shape index (κ2) is 16.2. The molecule has 2 rings (SSSR count). The SMILES string of the molecule is C(=NC1CC1)C1CCCC1.C=CCCCCN(C)C=O.COC=O. The zero-order valence-electron chi connectivity index (χ0n) is 15.4. The molecule has 0 N–H and O–H groups in total. The van der Waals surface area contributed by atoms with Gasteiger partial charge in [0.1, 0.15) is 0 Å². The van der Waals surface area contributed by atoms with E-state index in [1.54, 1.807) is 11.9 Å². The van der Waals surface area contributed by atoms with Gasteiger partial charge in [0.2, 0.25) is 6.41 Å². The molecule has 0 bridgehead atoms. The molecule has 2 aliphatic rings. The summed E-state index contributed by atoms with van der Waals surface area (Å²) in [6, 6.07) is 0.737. The smallest absolute Gasteiger partial charge is 0.292 e. The first kappa shape index (κ1) is 22.4. The van der Waals surface area contributed by atoms with Crippen LogP contribution in [0, 0.1) is 5.92 Å². The molecule has 5 heteroatoms. The van der Waals surface area contributed by atoms with Crippen LogP contribution in [0.15, 0.2) is 17.6 Å². The van der Waals surface area contributed by atoms with E-state index >= 15 is 0 Å². The summed E-state index contributed by atoms with van der Waals surface area (Å²) >= 11 is 0. The minimum atomic E-state index is 0.375. The van der Waals surface area contributed by atoms with Gasteiger partial charge in [-0.25, -0.2) is 0 Å². The summed E-state index contributed by atoms with van der Waals surface area (Å²) in [6.45, 7) is 4.85. The van der Waals surface area contributed by atoms with Crippen LogP contribution in [-0.4, -0.2) is 50.7 Å². The summed E-state index contributed by atoms with van der Waals surface area (Å²) in [5.41, 5.74) is 0. The molecule has 0 heterocycles. The van der Waals surface area contributed by atoms with E-state index in [0.29, 0.717) is 6.47 Å². The number of carbonyl (C=O) groups excluding carboxylic acids is 2. The molecule has 2 fully saturated rings. The van der Waals surface area contributed by atoms with Crippen LogP contribution in [-0.2, 0) is 14.3 Å². The normalized spacial score (nSPS) is 16.4. The Morgan fingerprint density at radius 1 is 1.17 bits per heavy atom. The van der Waals surface area contributed by atoms with Gasteiger partial charge in [-0.05, 0) is 50.9 Å². The Morgan fingerprint density at radius 2 is 1.79 bits per heavy atom. The van der Waals surface area contributed by atoms with E-state index in [4.69, 9.17) is 4.79 Å². The van der Waals surface area contributed by atoms with Crippen molar-refractivity contribution in [3.05, 3.63) is 12.7 Å². The van der Waals surface area contributed by atoms with Gasteiger partial charge in [-0.2, -0.15) is 0 Å². The van der Waals surface area contributed by atoms with Gasteiger partial charge >= 0.3 is 0 Å². The highest BCUT2D eigenvalue weighted by atomic mass is 16.5. The van der Waals surface area contributed by atoms with Gasteiger partial charge in [0, 0.05) is 25.8 Å². The molecule has 0 aliphatic heterocycles. The molecule has 0 radical (unpaired) electrons. The molecule has 0 atom stereocenters. The van der Waals surface area contributed by atoms with Crippen molar-refractivity contribution < 1.29 is 14.3 Å². The summed E-state index contributed by atoms with van der Waals surface area (Å²) in [5, 5.41) is 0. The highest BCUT2D eigenvalue weighted by Gasteiger charge is 2.20. The first-order chi connectivity index (χ1) is 11.7. The second-order valence-corrected chi connectivity index (χ2v) is 6.28. The highest BCUT2D eigenvalue weighted by Crippen LogP contribution is 2.26. The van der Waals surface area contributed by atoms with E-state index in [1.807, 2.05) is 6.08 Å². The number of methoxy groups -OCH3 is 1. The number of ether oxygens (including phenoxy) is 1. The standard InChI is InChI=1S/C9H15N.C8H15NO.C2H4O2/c1-2-4-8(3-1)7-10-9-5-6-9;1-3-4-5-6-7-9(2)8-10;1-4-2-3/h7-9H,1-6H2;3,8H,1,4-7H2,2H3;2H,1H3. The number of aliphatic imine (C=N–C) groups is 1. The minimum absolute atomic E-state index is 0.375. The van der Waals surface area contributed by atoms with Gasteiger partial charge in [-0.1, -0.05) is 18.9 Å². The third kappa shape index (κ3) is 15.3.